The molecule has 5 nitrogen and oxygen atoms in total. The van der Waals surface area contributed by atoms with Gasteiger partial charge in [0.1, 0.15) is 5.82 Å². The number of nitrogens with one attached hydrogen (secondary N) is 1. The number of pyridine rings is 1. The van der Waals surface area contributed by atoms with Crippen molar-refractivity contribution in [1.82, 2.24) is 15.2 Å². The first-order chi connectivity index (χ1) is 10.9. The van der Waals surface area contributed by atoms with Crippen LogP contribution in [0.3, 0.4) is 0 Å². The van der Waals surface area contributed by atoms with Crippen LogP contribution in [0.1, 0.15) is 35.9 Å². The minimum absolute atomic E-state index is 0.107. The van der Waals surface area contributed by atoms with Crippen LogP contribution in [0.5, 0.6) is 0 Å². The number of benzene rings is 1. The number of hydrogen-bond donors (Lipinski definition) is 2. The molecule has 23 heavy (non-hydrogen) atoms. The fourth-order valence-corrected chi connectivity index (χ4v) is 2.87. The van der Waals surface area contributed by atoms with Gasteiger partial charge in [-0.1, -0.05) is 37.6 Å². The van der Waals surface area contributed by atoms with Crippen LogP contribution in [0, 0.1) is 5.82 Å². The zero-order valence-electron chi connectivity index (χ0n) is 12.4. The number of rotatable bonds is 3. The molecule has 3 rings (SSSR count). The highest BCUT2D eigenvalue weighted by molar-refractivity contribution is 6.39. The number of hydrogen-bond acceptors (Lipinski definition) is 3. The molecule has 2 N–H and O–H groups in total. The van der Waals surface area contributed by atoms with Gasteiger partial charge in [0.05, 0.1) is 10.4 Å². The standard InChI is InChI=1S/C16H13ClFN3O2/c1-7(2)13-11-12(17)10(8-3-5-9(18)6-4-8)14(16(22)23)19-15(11)21-20-13/h3-7H,1-2H3,(H,22,23)(H,19,20,21). The van der Waals surface area contributed by atoms with E-state index in [-0.39, 0.29) is 27.8 Å². The van der Waals surface area contributed by atoms with E-state index in [4.69, 9.17) is 11.6 Å². The molecule has 0 saturated carbocycles. The lowest BCUT2D eigenvalue weighted by Gasteiger charge is -2.11. The lowest BCUT2D eigenvalue weighted by molar-refractivity contribution is 0.0692. The molecule has 2 heterocycles. The number of aromatic carboxylic acids is 1. The summed E-state index contributed by atoms with van der Waals surface area (Å²) >= 11 is 6.50. The van der Waals surface area contributed by atoms with Gasteiger partial charge in [-0.15, -0.1) is 0 Å². The molecule has 118 valence electrons. The Morgan fingerprint density at radius 3 is 2.52 bits per heavy atom. The van der Waals surface area contributed by atoms with Gasteiger partial charge in [0.15, 0.2) is 11.3 Å². The average Bonchev–Trinajstić information content (AvgIpc) is 2.93. The summed E-state index contributed by atoms with van der Waals surface area (Å²) in [5, 5.41) is 17.2. The summed E-state index contributed by atoms with van der Waals surface area (Å²) in [6.45, 7) is 3.93. The largest absolute Gasteiger partial charge is 0.476 e. The Labute approximate surface area is 136 Å². The topological polar surface area (TPSA) is 78.9 Å². The van der Waals surface area contributed by atoms with Gasteiger partial charge >= 0.3 is 5.97 Å². The van der Waals surface area contributed by atoms with Gasteiger partial charge in [-0.2, -0.15) is 5.10 Å². The summed E-state index contributed by atoms with van der Waals surface area (Å²) in [7, 11) is 0. The smallest absolute Gasteiger partial charge is 0.355 e. The second kappa shape index (κ2) is 5.62. The number of halogens is 2. The third-order valence-corrected chi connectivity index (χ3v) is 3.96. The maximum absolute atomic E-state index is 13.2. The quantitative estimate of drug-likeness (QED) is 0.751. The van der Waals surface area contributed by atoms with Crippen molar-refractivity contribution in [1.29, 1.82) is 0 Å². The predicted molar refractivity (Wildman–Crippen MR) is 85.3 cm³/mol. The first-order valence-corrected chi connectivity index (χ1v) is 7.34. The van der Waals surface area contributed by atoms with Crippen molar-refractivity contribution in [3.8, 4) is 11.1 Å². The molecule has 0 amide bonds. The fourth-order valence-electron chi connectivity index (χ4n) is 2.49. The zero-order valence-corrected chi connectivity index (χ0v) is 13.1. The molecule has 2 aromatic heterocycles. The second-order valence-corrected chi connectivity index (χ2v) is 5.83. The van der Waals surface area contributed by atoms with Gasteiger partial charge in [0.2, 0.25) is 0 Å². The molecule has 0 saturated heterocycles. The zero-order chi connectivity index (χ0) is 16.7. The van der Waals surface area contributed by atoms with Crippen molar-refractivity contribution in [2.45, 2.75) is 19.8 Å². The highest BCUT2D eigenvalue weighted by atomic mass is 35.5. The molecule has 0 bridgehead atoms. The third kappa shape index (κ3) is 2.55. The van der Waals surface area contributed by atoms with E-state index in [0.29, 0.717) is 10.9 Å². The first kappa shape index (κ1) is 15.4. The van der Waals surface area contributed by atoms with Gasteiger partial charge < -0.3 is 5.11 Å². The highest BCUT2D eigenvalue weighted by Gasteiger charge is 2.24. The van der Waals surface area contributed by atoms with E-state index < -0.39 is 11.8 Å². The van der Waals surface area contributed by atoms with Crippen LogP contribution < -0.4 is 0 Å². The van der Waals surface area contributed by atoms with E-state index >= 15 is 0 Å². The van der Waals surface area contributed by atoms with Gasteiger partial charge in [-0.25, -0.2) is 14.2 Å². The van der Waals surface area contributed by atoms with Crippen LogP contribution in [0.4, 0.5) is 4.39 Å². The molecule has 7 heteroatoms. The predicted octanol–water partition coefficient (Wildman–Crippen LogP) is 4.24. The number of H-pyrrole nitrogens is 1. The number of nitrogens with zero attached hydrogens (tertiary/aromatic N) is 2. The Kier molecular flexibility index (Phi) is 3.77. The maximum Gasteiger partial charge on any atom is 0.355 e. The monoisotopic (exact) mass is 333 g/mol. The SMILES string of the molecule is CC(C)c1[nH]nc2nc(C(=O)O)c(-c3ccc(F)cc3)c(Cl)c12. The van der Waals surface area contributed by atoms with E-state index in [0.717, 1.165) is 5.69 Å². The first-order valence-electron chi connectivity index (χ1n) is 6.96. The van der Waals surface area contributed by atoms with Crippen LogP contribution in [-0.2, 0) is 0 Å². The lowest BCUT2D eigenvalue weighted by atomic mass is 9.99. The minimum atomic E-state index is -1.22. The third-order valence-electron chi connectivity index (χ3n) is 3.58. The molecule has 0 aliphatic rings. The Morgan fingerprint density at radius 2 is 1.96 bits per heavy atom. The summed E-state index contributed by atoms with van der Waals surface area (Å²) in [5.74, 6) is -1.53. The molecule has 0 atom stereocenters. The van der Waals surface area contributed by atoms with E-state index in [1.165, 1.54) is 24.3 Å². The van der Waals surface area contributed by atoms with Gasteiger partial charge in [0, 0.05) is 11.3 Å². The van der Waals surface area contributed by atoms with Crippen molar-refractivity contribution in [3.63, 3.8) is 0 Å². The molecule has 0 fully saturated rings. The molecular weight excluding hydrogens is 321 g/mol. The van der Waals surface area contributed by atoms with E-state index in [2.05, 4.69) is 15.2 Å². The summed E-state index contributed by atoms with van der Waals surface area (Å²) in [6.07, 6.45) is 0. The molecule has 0 spiro atoms. The summed E-state index contributed by atoms with van der Waals surface area (Å²) in [5.41, 5.74) is 1.56. The lowest BCUT2D eigenvalue weighted by Crippen LogP contribution is -2.05. The number of aromatic amines is 1. The van der Waals surface area contributed by atoms with Crippen LogP contribution in [0.2, 0.25) is 5.02 Å². The fraction of sp³-hybridized carbons (Fsp3) is 0.188. The van der Waals surface area contributed by atoms with Crippen LogP contribution in [-0.4, -0.2) is 26.3 Å². The van der Waals surface area contributed by atoms with Crippen molar-refractivity contribution >= 4 is 28.6 Å². The molecule has 0 radical (unpaired) electrons. The Balaban J connectivity index is 2.39. The van der Waals surface area contributed by atoms with Crippen LogP contribution in [0.25, 0.3) is 22.2 Å². The molecule has 0 aliphatic carbocycles. The van der Waals surface area contributed by atoms with Crippen LogP contribution in [0.15, 0.2) is 24.3 Å². The minimum Gasteiger partial charge on any atom is -0.476 e. The number of fused-ring (bicyclic) bond motifs is 1. The number of aromatic nitrogens is 3. The number of carbonyl (C=O) groups is 1. The van der Waals surface area contributed by atoms with Crippen molar-refractivity contribution in [3.05, 3.63) is 46.5 Å². The molecular formula is C16H13ClFN3O2. The molecule has 0 aliphatic heterocycles. The Morgan fingerprint density at radius 1 is 1.30 bits per heavy atom. The van der Waals surface area contributed by atoms with Crippen molar-refractivity contribution in [2.75, 3.05) is 0 Å². The summed E-state index contributed by atoms with van der Waals surface area (Å²) < 4.78 is 13.2. The van der Waals surface area contributed by atoms with Crippen molar-refractivity contribution in [2.24, 2.45) is 0 Å². The van der Waals surface area contributed by atoms with E-state index in [9.17, 15) is 14.3 Å². The maximum atomic E-state index is 13.2. The second-order valence-electron chi connectivity index (χ2n) is 5.45. The normalized spacial score (nSPS) is 11.3. The van der Waals surface area contributed by atoms with E-state index in [1.807, 2.05) is 13.8 Å². The summed E-state index contributed by atoms with van der Waals surface area (Å²) in [4.78, 5) is 15.7. The van der Waals surface area contributed by atoms with Gasteiger partial charge in [0.25, 0.3) is 0 Å². The average molecular weight is 334 g/mol. The van der Waals surface area contributed by atoms with Gasteiger partial charge in [-0.05, 0) is 23.6 Å². The van der Waals surface area contributed by atoms with Gasteiger partial charge in [-0.3, -0.25) is 5.10 Å². The molecule has 3 aromatic rings. The molecule has 1 aromatic carbocycles. The van der Waals surface area contributed by atoms with E-state index in [1.54, 1.807) is 0 Å². The number of carboxylic acids is 1. The van der Waals surface area contributed by atoms with Crippen LogP contribution >= 0.6 is 11.6 Å². The number of carboxylic acid groups (broad SMARTS) is 1. The Hall–Kier alpha value is -2.47. The Bertz CT molecular complexity index is 904. The summed E-state index contributed by atoms with van der Waals surface area (Å²) in [6, 6.07) is 5.46. The molecule has 0 unspecified atom stereocenters. The van der Waals surface area contributed by atoms with Crippen molar-refractivity contribution < 1.29 is 14.3 Å². The highest BCUT2D eigenvalue weighted by Crippen LogP contribution is 2.38.